The summed E-state index contributed by atoms with van der Waals surface area (Å²) in [6.45, 7) is -2.18. The molecule has 0 fully saturated rings. The summed E-state index contributed by atoms with van der Waals surface area (Å²) >= 11 is 0. The van der Waals surface area contributed by atoms with Crippen molar-refractivity contribution in [1.82, 2.24) is 0 Å². The summed E-state index contributed by atoms with van der Waals surface area (Å²) in [4.78, 5) is 10.9. The maximum Gasteiger partial charge on any atom is 0.460 e. The Kier molecular flexibility index (Phi) is 4.47. The number of carbonyl (C=O) groups is 1. The summed E-state index contributed by atoms with van der Waals surface area (Å²) in [5, 5.41) is 0.420. The molecule has 0 saturated heterocycles. The lowest BCUT2D eigenvalue weighted by molar-refractivity contribution is -0.358. The van der Waals surface area contributed by atoms with Gasteiger partial charge in [0, 0.05) is 10.9 Å². The van der Waals surface area contributed by atoms with Gasteiger partial charge in [-0.1, -0.05) is 24.3 Å². The first-order chi connectivity index (χ1) is 11.0. The van der Waals surface area contributed by atoms with E-state index in [9.17, 15) is 35.5 Å². The molecule has 0 bridgehead atoms. The summed E-state index contributed by atoms with van der Waals surface area (Å²) in [5.41, 5.74) is 0.185. The SMILES string of the molecule is O=Cc1ccc(OCC(F)(F)C(F)(F)C(F)(F)F)c2ccccc12. The van der Waals surface area contributed by atoms with Crippen molar-refractivity contribution in [2.24, 2.45) is 0 Å². The van der Waals surface area contributed by atoms with Crippen LogP contribution in [0.25, 0.3) is 10.8 Å². The number of rotatable bonds is 5. The Morgan fingerprint density at radius 2 is 1.46 bits per heavy atom. The standard InChI is InChI=1S/C15H9F7O2/c16-13(17,14(18,19)15(20,21)22)8-24-12-6-5-9(7-23)10-3-1-2-4-11(10)12/h1-7H,8H2. The summed E-state index contributed by atoms with van der Waals surface area (Å²) in [6.07, 6.45) is -5.93. The van der Waals surface area contributed by atoms with Crippen LogP contribution in [-0.2, 0) is 0 Å². The zero-order valence-electron chi connectivity index (χ0n) is 11.7. The molecular formula is C15H9F7O2. The molecule has 9 heteroatoms. The summed E-state index contributed by atoms with van der Waals surface area (Å²) in [6, 6.07) is 8.04. The van der Waals surface area contributed by atoms with Gasteiger partial charge in [0.05, 0.1) is 0 Å². The second kappa shape index (κ2) is 5.95. The zero-order valence-corrected chi connectivity index (χ0v) is 11.7. The van der Waals surface area contributed by atoms with Crippen LogP contribution in [0.3, 0.4) is 0 Å². The molecule has 0 aromatic heterocycles. The fourth-order valence-electron chi connectivity index (χ4n) is 1.99. The molecule has 0 unspecified atom stereocenters. The first-order valence-corrected chi connectivity index (χ1v) is 6.43. The van der Waals surface area contributed by atoms with Crippen LogP contribution in [0.5, 0.6) is 5.75 Å². The first-order valence-electron chi connectivity index (χ1n) is 6.43. The summed E-state index contributed by atoms with van der Waals surface area (Å²) in [5.74, 6) is -12.0. The maximum atomic E-state index is 13.3. The predicted octanol–water partition coefficient (Wildman–Crippen LogP) is 4.86. The van der Waals surface area contributed by atoms with Gasteiger partial charge in [-0.25, -0.2) is 0 Å². The smallest absolute Gasteiger partial charge is 0.460 e. The molecular weight excluding hydrogens is 345 g/mol. The minimum atomic E-state index is -6.41. The molecule has 0 saturated carbocycles. The van der Waals surface area contributed by atoms with E-state index >= 15 is 0 Å². The molecule has 24 heavy (non-hydrogen) atoms. The highest BCUT2D eigenvalue weighted by Gasteiger charge is 2.73. The average Bonchev–Trinajstić information content (AvgIpc) is 2.51. The van der Waals surface area contributed by atoms with Crippen molar-refractivity contribution in [3.8, 4) is 5.75 Å². The van der Waals surface area contributed by atoms with Crippen LogP contribution in [-0.4, -0.2) is 30.9 Å². The van der Waals surface area contributed by atoms with Gasteiger partial charge < -0.3 is 4.74 Å². The number of hydrogen-bond donors (Lipinski definition) is 0. The molecule has 2 rings (SSSR count). The monoisotopic (exact) mass is 354 g/mol. The molecule has 2 nitrogen and oxygen atoms in total. The molecule has 0 amide bonds. The van der Waals surface area contributed by atoms with Crippen LogP contribution >= 0.6 is 0 Å². The minimum Gasteiger partial charge on any atom is -0.486 e. The van der Waals surface area contributed by atoms with Crippen LogP contribution in [0.1, 0.15) is 10.4 Å². The molecule has 0 spiro atoms. The number of fused-ring (bicyclic) bond motifs is 1. The fourth-order valence-corrected chi connectivity index (χ4v) is 1.99. The quantitative estimate of drug-likeness (QED) is 0.566. The van der Waals surface area contributed by atoms with E-state index in [1.54, 1.807) is 0 Å². The number of hydrogen-bond acceptors (Lipinski definition) is 2. The highest BCUT2D eigenvalue weighted by atomic mass is 19.4. The predicted molar refractivity (Wildman–Crippen MR) is 70.8 cm³/mol. The second-order valence-corrected chi connectivity index (χ2v) is 4.88. The number of halogens is 7. The van der Waals surface area contributed by atoms with Crippen molar-refractivity contribution < 1.29 is 40.3 Å². The largest absolute Gasteiger partial charge is 0.486 e. The van der Waals surface area contributed by atoms with Crippen LogP contribution in [0.4, 0.5) is 30.7 Å². The molecule has 0 aliphatic heterocycles. The van der Waals surface area contributed by atoms with E-state index in [0.717, 1.165) is 6.07 Å². The van der Waals surface area contributed by atoms with Crippen molar-refractivity contribution in [3.63, 3.8) is 0 Å². The normalized spacial score (nSPS) is 13.1. The average molecular weight is 354 g/mol. The molecule has 0 N–H and O–H groups in total. The van der Waals surface area contributed by atoms with Crippen molar-refractivity contribution in [2.75, 3.05) is 6.61 Å². The van der Waals surface area contributed by atoms with Gasteiger partial charge in [-0.15, -0.1) is 0 Å². The number of aldehydes is 1. The second-order valence-electron chi connectivity index (χ2n) is 4.88. The van der Waals surface area contributed by atoms with Crippen LogP contribution in [0.2, 0.25) is 0 Å². The first kappa shape index (κ1) is 18.0. The van der Waals surface area contributed by atoms with Gasteiger partial charge in [0.2, 0.25) is 0 Å². The van der Waals surface area contributed by atoms with Gasteiger partial charge in [-0.05, 0) is 17.5 Å². The Balaban J connectivity index is 2.33. The van der Waals surface area contributed by atoms with E-state index in [0.29, 0.717) is 6.29 Å². The van der Waals surface area contributed by atoms with Crippen LogP contribution < -0.4 is 4.74 Å². The minimum absolute atomic E-state index is 0.133. The van der Waals surface area contributed by atoms with E-state index in [2.05, 4.69) is 4.74 Å². The summed E-state index contributed by atoms with van der Waals surface area (Å²) in [7, 11) is 0. The molecule has 0 aliphatic rings. The molecule has 2 aromatic carbocycles. The Morgan fingerprint density at radius 3 is 2.00 bits per heavy atom. The van der Waals surface area contributed by atoms with E-state index in [1.165, 1.54) is 30.3 Å². The molecule has 130 valence electrons. The van der Waals surface area contributed by atoms with Gasteiger partial charge in [-0.3, -0.25) is 4.79 Å². The Labute approximate surface area is 130 Å². The Bertz CT molecular complexity index is 753. The van der Waals surface area contributed by atoms with Crippen LogP contribution in [0.15, 0.2) is 36.4 Å². The van der Waals surface area contributed by atoms with Gasteiger partial charge >= 0.3 is 18.0 Å². The number of ether oxygens (including phenoxy) is 1. The fraction of sp³-hybridized carbons (Fsp3) is 0.267. The maximum absolute atomic E-state index is 13.3. The Hall–Kier alpha value is -2.32. The highest BCUT2D eigenvalue weighted by molar-refractivity contribution is 6.00. The molecule has 0 atom stereocenters. The van der Waals surface area contributed by atoms with E-state index in [4.69, 9.17) is 0 Å². The van der Waals surface area contributed by atoms with E-state index < -0.39 is 24.6 Å². The lowest BCUT2D eigenvalue weighted by Gasteiger charge is -2.28. The number of benzene rings is 2. The Morgan fingerprint density at radius 1 is 0.875 bits per heavy atom. The third kappa shape index (κ3) is 3.02. The third-order valence-electron chi connectivity index (χ3n) is 3.27. The van der Waals surface area contributed by atoms with Gasteiger partial charge in [0.25, 0.3) is 0 Å². The number of carbonyl (C=O) groups excluding carboxylic acids is 1. The molecule has 0 radical (unpaired) electrons. The molecule has 0 aliphatic carbocycles. The summed E-state index contributed by atoms with van der Waals surface area (Å²) < 4.78 is 93.0. The van der Waals surface area contributed by atoms with Crippen molar-refractivity contribution in [3.05, 3.63) is 42.0 Å². The van der Waals surface area contributed by atoms with E-state index in [1.807, 2.05) is 0 Å². The third-order valence-corrected chi connectivity index (χ3v) is 3.27. The zero-order chi connectivity index (χ0) is 18.2. The highest BCUT2D eigenvalue weighted by Crippen LogP contribution is 2.46. The van der Waals surface area contributed by atoms with Gasteiger partial charge in [0.15, 0.2) is 12.9 Å². The van der Waals surface area contributed by atoms with Crippen LogP contribution in [0, 0.1) is 0 Å². The molecule has 0 heterocycles. The topological polar surface area (TPSA) is 26.3 Å². The van der Waals surface area contributed by atoms with Crippen molar-refractivity contribution in [2.45, 2.75) is 18.0 Å². The van der Waals surface area contributed by atoms with Gasteiger partial charge in [-0.2, -0.15) is 30.7 Å². The van der Waals surface area contributed by atoms with Gasteiger partial charge in [0.1, 0.15) is 5.75 Å². The van der Waals surface area contributed by atoms with Crippen molar-refractivity contribution in [1.29, 1.82) is 0 Å². The molecule has 2 aromatic rings. The lowest BCUT2D eigenvalue weighted by Crippen LogP contribution is -2.54. The van der Waals surface area contributed by atoms with Crippen molar-refractivity contribution >= 4 is 17.1 Å². The number of alkyl halides is 7. The van der Waals surface area contributed by atoms with E-state index in [-0.39, 0.29) is 22.1 Å². The lowest BCUT2D eigenvalue weighted by atomic mass is 10.0.